The van der Waals surface area contributed by atoms with Crippen molar-refractivity contribution in [2.45, 2.75) is 37.0 Å². The number of aromatic nitrogens is 1. The van der Waals surface area contributed by atoms with Crippen molar-refractivity contribution >= 4 is 27.1 Å². The van der Waals surface area contributed by atoms with Crippen LogP contribution in [-0.2, 0) is 27.6 Å². The third-order valence-corrected chi connectivity index (χ3v) is 7.08. The van der Waals surface area contributed by atoms with Crippen LogP contribution in [0.3, 0.4) is 0 Å². The molecule has 0 bridgehead atoms. The van der Waals surface area contributed by atoms with Crippen LogP contribution in [0.5, 0.6) is 10.9 Å². The lowest BCUT2D eigenvalue weighted by atomic mass is 10.1. The summed E-state index contributed by atoms with van der Waals surface area (Å²) in [5.74, 6) is 0.555. The maximum Gasteiger partial charge on any atom is 0.278 e. The Balaban J connectivity index is 1.51. The summed E-state index contributed by atoms with van der Waals surface area (Å²) in [7, 11) is -3.30. The Morgan fingerprint density at radius 2 is 1.72 bits per heavy atom. The average molecular weight is 431 g/mol. The molecule has 1 heterocycles. The highest BCUT2D eigenvalue weighted by molar-refractivity contribution is 7.92. The molecule has 3 aromatic rings. The molecule has 0 saturated carbocycles. The molecule has 2 aromatic carbocycles. The van der Waals surface area contributed by atoms with Crippen LogP contribution in [0.15, 0.2) is 65.0 Å². The van der Waals surface area contributed by atoms with Crippen molar-refractivity contribution in [1.82, 2.24) is 10.3 Å². The maximum atomic E-state index is 12.2. The van der Waals surface area contributed by atoms with Gasteiger partial charge in [-0.05, 0) is 49.2 Å². The van der Waals surface area contributed by atoms with E-state index >= 15 is 0 Å². The van der Waals surface area contributed by atoms with Crippen molar-refractivity contribution in [2.75, 3.05) is 0 Å². The molecule has 1 aromatic heterocycles. The minimum absolute atomic E-state index is 0.132. The van der Waals surface area contributed by atoms with Crippen molar-refractivity contribution < 1.29 is 17.9 Å². The van der Waals surface area contributed by atoms with Gasteiger partial charge in [0.25, 0.3) is 5.19 Å². The monoisotopic (exact) mass is 430 g/mol. The number of sulfone groups is 1. The van der Waals surface area contributed by atoms with Crippen LogP contribution in [0.4, 0.5) is 0 Å². The van der Waals surface area contributed by atoms with Gasteiger partial charge in [0.2, 0.25) is 5.91 Å². The zero-order chi connectivity index (χ0) is 20.9. The summed E-state index contributed by atoms with van der Waals surface area (Å²) in [4.78, 5) is 16.5. The minimum atomic E-state index is -3.30. The maximum absolute atomic E-state index is 12.2. The van der Waals surface area contributed by atoms with Crippen LogP contribution in [0, 0.1) is 0 Å². The molecule has 29 heavy (non-hydrogen) atoms. The van der Waals surface area contributed by atoms with Crippen molar-refractivity contribution in [2.24, 2.45) is 0 Å². The fraction of sp³-hybridized carbons (Fsp3) is 0.238. The van der Waals surface area contributed by atoms with Crippen LogP contribution in [0.1, 0.15) is 25.0 Å². The van der Waals surface area contributed by atoms with Gasteiger partial charge in [-0.1, -0.05) is 35.6 Å². The first-order valence-corrected chi connectivity index (χ1v) is 11.5. The predicted molar refractivity (Wildman–Crippen MR) is 113 cm³/mol. The van der Waals surface area contributed by atoms with Crippen molar-refractivity contribution in [3.05, 3.63) is 71.2 Å². The zero-order valence-electron chi connectivity index (χ0n) is 16.2. The fourth-order valence-electron chi connectivity index (χ4n) is 2.55. The van der Waals surface area contributed by atoms with Gasteiger partial charge in [0.05, 0.1) is 16.6 Å². The summed E-state index contributed by atoms with van der Waals surface area (Å²) in [5.41, 5.74) is 1.71. The highest BCUT2D eigenvalue weighted by Gasteiger charge is 2.18. The lowest BCUT2D eigenvalue weighted by molar-refractivity contribution is -0.120. The largest absolute Gasteiger partial charge is 0.431 e. The first kappa shape index (κ1) is 21.0. The quantitative estimate of drug-likeness (QED) is 0.584. The third-order valence-electron chi connectivity index (χ3n) is 4.27. The van der Waals surface area contributed by atoms with E-state index in [1.54, 1.807) is 44.3 Å². The number of hydrogen-bond acceptors (Lipinski definition) is 6. The van der Waals surface area contributed by atoms with Crippen LogP contribution in [0.2, 0.25) is 0 Å². The smallest absolute Gasteiger partial charge is 0.278 e. The standard InChI is InChI=1S/C21H22N2O4S2/c1-15(2)29(25,26)19-9-5-16(6-10-19)13-20(24)23-14-17-3-7-18(8-4-17)27-21-22-11-12-28-21/h3-12,15H,13-14H2,1-2H3,(H,23,24). The van der Waals surface area contributed by atoms with E-state index in [4.69, 9.17) is 4.74 Å². The highest BCUT2D eigenvalue weighted by Crippen LogP contribution is 2.23. The first-order valence-electron chi connectivity index (χ1n) is 9.10. The molecule has 0 saturated heterocycles. The number of thiazole rings is 1. The van der Waals surface area contributed by atoms with Gasteiger partial charge in [-0.25, -0.2) is 13.4 Å². The van der Waals surface area contributed by atoms with Gasteiger partial charge in [-0.15, -0.1) is 0 Å². The SMILES string of the molecule is CC(C)S(=O)(=O)c1ccc(CC(=O)NCc2ccc(Oc3nccs3)cc2)cc1. The highest BCUT2D eigenvalue weighted by atomic mass is 32.2. The molecule has 6 nitrogen and oxygen atoms in total. The van der Waals surface area contributed by atoms with E-state index in [1.165, 1.54) is 11.3 Å². The first-order chi connectivity index (χ1) is 13.8. The number of amides is 1. The normalized spacial score (nSPS) is 11.4. The summed E-state index contributed by atoms with van der Waals surface area (Å²) < 4.78 is 29.9. The molecule has 0 radical (unpaired) electrons. The Morgan fingerprint density at radius 1 is 1.07 bits per heavy atom. The van der Waals surface area contributed by atoms with Crippen LogP contribution in [0.25, 0.3) is 0 Å². The van der Waals surface area contributed by atoms with E-state index in [0.29, 0.717) is 17.5 Å². The molecule has 0 spiro atoms. The van der Waals surface area contributed by atoms with Gasteiger partial charge in [-0.2, -0.15) is 0 Å². The van der Waals surface area contributed by atoms with Crippen LogP contribution >= 0.6 is 11.3 Å². The summed E-state index contributed by atoms with van der Waals surface area (Å²) in [5, 5.41) is 4.82. The molecule has 1 amide bonds. The second kappa shape index (κ2) is 9.19. The third kappa shape index (κ3) is 5.65. The van der Waals surface area contributed by atoms with Gasteiger partial charge in [0.1, 0.15) is 5.75 Å². The van der Waals surface area contributed by atoms with E-state index in [0.717, 1.165) is 11.1 Å². The summed E-state index contributed by atoms with van der Waals surface area (Å²) in [6, 6.07) is 13.9. The van der Waals surface area contributed by atoms with E-state index < -0.39 is 15.1 Å². The number of benzene rings is 2. The molecular weight excluding hydrogens is 408 g/mol. The van der Waals surface area contributed by atoms with Crippen molar-refractivity contribution in [1.29, 1.82) is 0 Å². The summed E-state index contributed by atoms with van der Waals surface area (Å²) >= 11 is 1.42. The lowest BCUT2D eigenvalue weighted by Crippen LogP contribution is -2.24. The Bertz CT molecular complexity index is 1040. The number of carbonyl (C=O) groups is 1. The van der Waals surface area contributed by atoms with Gasteiger partial charge in [0, 0.05) is 18.1 Å². The summed E-state index contributed by atoms with van der Waals surface area (Å²) in [6.45, 7) is 3.69. The minimum Gasteiger partial charge on any atom is -0.431 e. The van der Waals surface area contributed by atoms with Crippen LogP contribution in [-0.4, -0.2) is 24.6 Å². The molecule has 3 rings (SSSR count). The molecule has 0 aliphatic heterocycles. The number of rotatable bonds is 8. The van der Waals surface area contributed by atoms with E-state index in [9.17, 15) is 13.2 Å². The second-order valence-corrected chi connectivity index (χ2v) is 10.1. The number of carbonyl (C=O) groups excluding carboxylic acids is 1. The zero-order valence-corrected chi connectivity index (χ0v) is 17.8. The van der Waals surface area contributed by atoms with Crippen molar-refractivity contribution in [3.8, 4) is 10.9 Å². The van der Waals surface area contributed by atoms with Gasteiger partial charge < -0.3 is 10.1 Å². The molecule has 0 aliphatic carbocycles. The summed E-state index contributed by atoms with van der Waals surface area (Å²) in [6.07, 6.45) is 1.87. The molecule has 8 heteroatoms. The van der Waals surface area contributed by atoms with Gasteiger partial charge >= 0.3 is 0 Å². The number of ether oxygens (including phenoxy) is 1. The molecular formula is C21H22N2O4S2. The molecule has 0 aliphatic rings. The average Bonchev–Trinajstić information content (AvgIpc) is 3.21. The topological polar surface area (TPSA) is 85.4 Å². The molecule has 0 atom stereocenters. The van der Waals surface area contributed by atoms with E-state index in [2.05, 4.69) is 10.3 Å². The Labute approximate surface area is 174 Å². The lowest BCUT2D eigenvalue weighted by Gasteiger charge is -2.09. The molecule has 152 valence electrons. The second-order valence-electron chi connectivity index (χ2n) is 6.74. The number of hydrogen-bond donors (Lipinski definition) is 1. The predicted octanol–water partition coefficient (Wildman–Crippen LogP) is 3.98. The van der Waals surface area contributed by atoms with Crippen molar-refractivity contribution in [3.63, 3.8) is 0 Å². The van der Waals surface area contributed by atoms with Gasteiger partial charge in [0.15, 0.2) is 9.84 Å². The number of nitrogens with zero attached hydrogens (tertiary/aromatic N) is 1. The van der Waals surface area contributed by atoms with E-state index in [-0.39, 0.29) is 17.2 Å². The fourth-order valence-corrected chi connectivity index (χ4v) is 4.12. The van der Waals surface area contributed by atoms with Crippen LogP contribution < -0.4 is 10.1 Å². The Hall–Kier alpha value is -2.71. The Morgan fingerprint density at radius 3 is 2.31 bits per heavy atom. The molecule has 0 fully saturated rings. The van der Waals surface area contributed by atoms with E-state index in [1.807, 2.05) is 29.6 Å². The Kier molecular flexibility index (Phi) is 6.66. The van der Waals surface area contributed by atoms with Gasteiger partial charge in [-0.3, -0.25) is 4.79 Å². The number of nitrogens with one attached hydrogen (secondary N) is 1. The molecule has 0 unspecified atom stereocenters. The molecule has 1 N–H and O–H groups in total.